The van der Waals surface area contributed by atoms with Crippen LogP contribution < -0.4 is 10.6 Å². The molecule has 0 saturated carbocycles. The highest BCUT2D eigenvalue weighted by atomic mass is 127. The van der Waals surface area contributed by atoms with Crippen molar-refractivity contribution in [1.29, 1.82) is 0 Å². The fourth-order valence-electron chi connectivity index (χ4n) is 3.06. The second-order valence-corrected chi connectivity index (χ2v) is 7.34. The lowest BCUT2D eigenvalue weighted by molar-refractivity contribution is 0.192. The van der Waals surface area contributed by atoms with Gasteiger partial charge in [0.1, 0.15) is 5.82 Å². The Morgan fingerprint density at radius 2 is 2.12 bits per heavy atom. The molecule has 0 fully saturated rings. The van der Waals surface area contributed by atoms with Gasteiger partial charge in [-0.05, 0) is 36.4 Å². The molecule has 1 unspecified atom stereocenters. The van der Waals surface area contributed by atoms with E-state index in [1.54, 1.807) is 19.2 Å². The van der Waals surface area contributed by atoms with Gasteiger partial charge >= 0.3 is 0 Å². The predicted molar refractivity (Wildman–Crippen MR) is 118 cm³/mol. The fourth-order valence-corrected chi connectivity index (χ4v) is 3.95. The maximum Gasteiger partial charge on any atom is 0.191 e. The van der Waals surface area contributed by atoms with Gasteiger partial charge in [0.2, 0.25) is 0 Å². The Hall–Kier alpha value is -1.19. The number of halogens is 2. The molecule has 0 radical (unpaired) electrons. The van der Waals surface area contributed by atoms with Crippen LogP contribution in [-0.2, 0) is 19.5 Å². The van der Waals surface area contributed by atoms with Gasteiger partial charge in [-0.2, -0.15) is 0 Å². The number of nitrogens with zero attached hydrogens (tertiary/aromatic N) is 2. The molecule has 0 spiro atoms. The van der Waals surface area contributed by atoms with E-state index in [1.807, 2.05) is 17.4 Å². The number of nitrogens with one attached hydrogen (secondary N) is 2. The Morgan fingerprint density at radius 1 is 1.31 bits per heavy atom. The van der Waals surface area contributed by atoms with Gasteiger partial charge in [0.25, 0.3) is 0 Å². The number of benzene rings is 1. The van der Waals surface area contributed by atoms with Crippen LogP contribution in [0.1, 0.15) is 22.9 Å². The number of hydrogen-bond donors (Lipinski definition) is 2. The van der Waals surface area contributed by atoms with Gasteiger partial charge in [-0.1, -0.05) is 18.2 Å². The molecule has 2 heterocycles. The molecule has 1 aromatic carbocycles. The third kappa shape index (κ3) is 5.40. The molecule has 7 heteroatoms. The average Bonchev–Trinajstić information content (AvgIpc) is 3.10. The number of rotatable bonds is 5. The first-order chi connectivity index (χ1) is 12.2. The topological polar surface area (TPSA) is 39.7 Å². The van der Waals surface area contributed by atoms with Gasteiger partial charge in [-0.15, -0.1) is 35.3 Å². The molecule has 1 atom stereocenters. The molecule has 2 N–H and O–H groups in total. The van der Waals surface area contributed by atoms with Crippen molar-refractivity contribution in [1.82, 2.24) is 15.5 Å². The summed E-state index contributed by atoms with van der Waals surface area (Å²) in [5, 5.41) is 8.72. The largest absolute Gasteiger partial charge is 0.355 e. The molecule has 2 aromatic rings. The molecular formula is C19H26FIN4S. The number of guanidine groups is 1. The van der Waals surface area contributed by atoms with E-state index in [9.17, 15) is 4.39 Å². The van der Waals surface area contributed by atoms with Crippen LogP contribution in [0.25, 0.3) is 0 Å². The van der Waals surface area contributed by atoms with E-state index in [-0.39, 0.29) is 29.8 Å². The summed E-state index contributed by atoms with van der Waals surface area (Å²) >= 11 is 1.86. The van der Waals surface area contributed by atoms with E-state index >= 15 is 0 Å². The maximum atomic E-state index is 13.7. The van der Waals surface area contributed by atoms with Crippen molar-refractivity contribution in [3.63, 3.8) is 0 Å². The predicted octanol–water partition coefficient (Wildman–Crippen LogP) is 3.62. The molecule has 1 aromatic heterocycles. The van der Waals surface area contributed by atoms with Crippen LogP contribution in [0, 0.1) is 5.82 Å². The summed E-state index contributed by atoms with van der Waals surface area (Å²) in [5.41, 5.74) is 2.10. The summed E-state index contributed by atoms with van der Waals surface area (Å²) in [7, 11) is 1.74. The van der Waals surface area contributed by atoms with Crippen LogP contribution in [0.4, 0.5) is 4.39 Å². The molecule has 26 heavy (non-hydrogen) atoms. The van der Waals surface area contributed by atoms with Crippen LogP contribution in [-0.4, -0.2) is 37.0 Å². The van der Waals surface area contributed by atoms with Gasteiger partial charge in [-0.3, -0.25) is 9.89 Å². The van der Waals surface area contributed by atoms with Crippen LogP contribution in [0.15, 0.2) is 40.7 Å². The summed E-state index contributed by atoms with van der Waals surface area (Å²) in [6.45, 7) is 5.56. The first-order valence-corrected chi connectivity index (χ1v) is 9.52. The molecule has 0 saturated heterocycles. The van der Waals surface area contributed by atoms with Gasteiger partial charge in [0.15, 0.2) is 5.96 Å². The van der Waals surface area contributed by atoms with E-state index < -0.39 is 0 Å². The second-order valence-electron chi connectivity index (χ2n) is 6.34. The third-order valence-corrected chi connectivity index (χ3v) is 5.68. The van der Waals surface area contributed by atoms with E-state index in [0.717, 1.165) is 26.1 Å². The summed E-state index contributed by atoms with van der Waals surface area (Å²) in [6, 6.07) is 9.44. The number of hydrogen-bond acceptors (Lipinski definition) is 3. The highest BCUT2D eigenvalue weighted by Gasteiger charge is 2.21. The zero-order valence-electron chi connectivity index (χ0n) is 15.2. The molecule has 0 bridgehead atoms. The Labute approximate surface area is 175 Å². The molecule has 1 aliphatic heterocycles. The van der Waals surface area contributed by atoms with Gasteiger partial charge in [0, 0.05) is 49.7 Å². The van der Waals surface area contributed by atoms with E-state index in [4.69, 9.17) is 0 Å². The van der Waals surface area contributed by atoms with E-state index in [0.29, 0.717) is 24.1 Å². The van der Waals surface area contributed by atoms with Crippen LogP contribution >= 0.6 is 35.3 Å². The Morgan fingerprint density at radius 3 is 2.88 bits per heavy atom. The first kappa shape index (κ1) is 21.1. The molecule has 3 rings (SSSR count). The standard InChI is InChI=1S/C19H25FN4S.HI/c1-14(24-9-7-18-16(13-24)8-10-25-18)11-22-19(21-2)23-12-15-5-3-4-6-17(15)20;/h3-6,8,10,14H,7,9,11-13H2,1-2H3,(H2,21,22,23);1H. The highest BCUT2D eigenvalue weighted by Crippen LogP contribution is 2.24. The average molecular weight is 488 g/mol. The van der Waals surface area contributed by atoms with Crippen molar-refractivity contribution < 1.29 is 4.39 Å². The van der Waals surface area contributed by atoms with Crippen molar-refractivity contribution in [2.75, 3.05) is 20.1 Å². The SMILES string of the molecule is CN=C(NCc1ccccc1F)NCC(C)N1CCc2sccc2C1.I. The minimum absolute atomic E-state index is 0. The van der Waals surface area contributed by atoms with Crippen molar-refractivity contribution >= 4 is 41.3 Å². The number of fused-ring (bicyclic) bond motifs is 1. The molecule has 0 amide bonds. The number of thiophene rings is 1. The Bertz CT molecular complexity index is 734. The fraction of sp³-hybridized carbons (Fsp3) is 0.421. The Kier molecular flexibility index (Phi) is 8.30. The summed E-state index contributed by atoms with van der Waals surface area (Å²) < 4.78 is 13.7. The second kappa shape index (κ2) is 10.2. The number of aliphatic imine (C=N–C) groups is 1. The van der Waals surface area contributed by atoms with Crippen LogP contribution in [0.5, 0.6) is 0 Å². The minimum atomic E-state index is -0.196. The normalized spacial score (nSPS) is 15.7. The van der Waals surface area contributed by atoms with Crippen molar-refractivity contribution in [3.8, 4) is 0 Å². The maximum absolute atomic E-state index is 13.7. The van der Waals surface area contributed by atoms with Gasteiger partial charge < -0.3 is 10.6 Å². The minimum Gasteiger partial charge on any atom is -0.355 e. The van der Waals surface area contributed by atoms with Crippen LogP contribution in [0.3, 0.4) is 0 Å². The quantitative estimate of drug-likeness (QED) is 0.384. The first-order valence-electron chi connectivity index (χ1n) is 8.64. The third-order valence-electron chi connectivity index (χ3n) is 4.65. The molecule has 4 nitrogen and oxygen atoms in total. The zero-order valence-corrected chi connectivity index (χ0v) is 18.3. The Balaban J connectivity index is 0.00000243. The van der Waals surface area contributed by atoms with Gasteiger partial charge in [-0.25, -0.2) is 4.39 Å². The molecular weight excluding hydrogens is 462 g/mol. The van der Waals surface area contributed by atoms with Crippen molar-refractivity contribution in [2.45, 2.75) is 32.5 Å². The lowest BCUT2D eigenvalue weighted by Gasteiger charge is -2.32. The summed E-state index contributed by atoms with van der Waals surface area (Å²) in [5.74, 6) is 0.502. The van der Waals surface area contributed by atoms with Crippen molar-refractivity contribution in [2.24, 2.45) is 4.99 Å². The van der Waals surface area contributed by atoms with Crippen molar-refractivity contribution in [3.05, 3.63) is 57.5 Å². The summed E-state index contributed by atoms with van der Waals surface area (Å²) in [4.78, 5) is 8.25. The zero-order chi connectivity index (χ0) is 17.6. The van der Waals surface area contributed by atoms with E-state index in [1.165, 1.54) is 16.5 Å². The monoisotopic (exact) mass is 488 g/mol. The highest BCUT2D eigenvalue weighted by molar-refractivity contribution is 14.0. The molecule has 142 valence electrons. The van der Waals surface area contributed by atoms with Gasteiger partial charge in [0.05, 0.1) is 0 Å². The van der Waals surface area contributed by atoms with E-state index in [2.05, 4.69) is 38.9 Å². The lowest BCUT2D eigenvalue weighted by Crippen LogP contribution is -2.47. The molecule has 0 aliphatic carbocycles. The smallest absolute Gasteiger partial charge is 0.191 e. The molecule has 1 aliphatic rings. The summed E-state index contributed by atoms with van der Waals surface area (Å²) in [6.07, 6.45) is 1.14. The van der Waals surface area contributed by atoms with Crippen LogP contribution in [0.2, 0.25) is 0 Å². The lowest BCUT2D eigenvalue weighted by atomic mass is 10.1.